The third-order valence-electron chi connectivity index (χ3n) is 6.57. The lowest BCUT2D eigenvalue weighted by Gasteiger charge is -2.39. The van der Waals surface area contributed by atoms with Crippen molar-refractivity contribution in [3.8, 4) is 0 Å². The van der Waals surface area contributed by atoms with E-state index < -0.39 is 0 Å². The standard InChI is InChI=1S/C26H37N3O3/c1-21-15-28(16-22(2)32-21)17-24-10-12-27(13-11-24)20-26(30)29(19-25-9-6-14-31-25)18-23-7-4-3-5-8-23/h3-9,14,21-22,24H,10-13,15-20H2,1-2H3. The first kappa shape index (κ1) is 23.0. The summed E-state index contributed by atoms with van der Waals surface area (Å²) < 4.78 is 11.4. The summed E-state index contributed by atoms with van der Waals surface area (Å²) in [5.74, 6) is 1.70. The summed E-state index contributed by atoms with van der Waals surface area (Å²) in [7, 11) is 0. The fourth-order valence-corrected chi connectivity index (χ4v) is 5.04. The Morgan fingerprint density at radius 1 is 0.969 bits per heavy atom. The number of ether oxygens (including phenoxy) is 1. The normalized spacial score (nSPS) is 23.3. The highest BCUT2D eigenvalue weighted by atomic mass is 16.5. The molecule has 1 amide bonds. The Morgan fingerprint density at radius 2 is 1.69 bits per heavy atom. The number of likely N-dealkylation sites (tertiary alicyclic amines) is 1. The van der Waals surface area contributed by atoms with Crippen molar-refractivity contribution in [2.24, 2.45) is 5.92 Å². The zero-order valence-corrected chi connectivity index (χ0v) is 19.5. The molecule has 2 unspecified atom stereocenters. The van der Waals surface area contributed by atoms with Crippen molar-refractivity contribution in [3.05, 3.63) is 60.1 Å². The molecule has 0 spiro atoms. The molecule has 0 radical (unpaired) electrons. The van der Waals surface area contributed by atoms with Crippen LogP contribution in [0.15, 0.2) is 53.1 Å². The summed E-state index contributed by atoms with van der Waals surface area (Å²) in [4.78, 5) is 20.0. The molecule has 0 aliphatic carbocycles. The number of nitrogens with zero attached hydrogens (tertiary/aromatic N) is 3. The number of piperidine rings is 1. The van der Waals surface area contributed by atoms with Crippen LogP contribution in [0.1, 0.15) is 38.0 Å². The van der Waals surface area contributed by atoms with Gasteiger partial charge in [-0.05, 0) is 63.4 Å². The number of hydrogen-bond donors (Lipinski definition) is 0. The lowest BCUT2D eigenvalue weighted by Crippen LogP contribution is -2.49. The molecular weight excluding hydrogens is 402 g/mol. The largest absolute Gasteiger partial charge is 0.467 e. The molecule has 3 heterocycles. The predicted octanol–water partition coefficient (Wildman–Crippen LogP) is 3.63. The van der Waals surface area contributed by atoms with Crippen molar-refractivity contribution in [2.45, 2.75) is 52.0 Å². The molecule has 2 atom stereocenters. The van der Waals surface area contributed by atoms with E-state index in [0.29, 0.717) is 37.8 Å². The summed E-state index contributed by atoms with van der Waals surface area (Å²) >= 11 is 0. The van der Waals surface area contributed by atoms with Crippen molar-refractivity contribution >= 4 is 5.91 Å². The van der Waals surface area contributed by atoms with E-state index in [9.17, 15) is 4.79 Å². The molecule has 2 fully saturated rings. The Labute approximate surface area is 192 Å². The fourth-order valence-electron chi connectivity index (χ4n) is 5.04. The number of benzene rings is 1. The molecule has 2 aliphatic heterocycles. The Bertz CT molecular complexity index is 808. The van der Waals surface area contributed by atoms with Gasteiger partial charge >= 0.3 is 0 Å². The van der Waals surface area contributed by atoms with Gasteiger partial charge in [0.05, 0.1) is 31.6 Å². The van der Waals surface area contributed by atoms with Gasteiger partial charge in [0.1, 0.15) is 5.76 Å². The van der Waals surface area contributed by atoms with Crippen molar-refractivity contribution < 1.29 is 13.9 Å². The summed E-state index contributed by atoms with van der Waals surface area (Å²) in [6, 6.07) is 14.0. The van der Waals surface area contributed by atoms with E-state index in [4.69, 9.17) is 9.15 Å². The molecule has 2 aliphatic rings. The maximum Gasteiger partial charge on any atom is 0.237 e. The molecule has 4 rings (SSSR count). The minimum atomic E-state index is 0.166. The first-order valence-corrected chi connectivity index (χ1v) is 12.0. The second kappa shape index (κ2) is 11.1. The zero-order chi connectivity index (χ0) is 22.3. The first-order valence-electron chi connectivity index (χ1n) is 12.0. The Morgan fingerprint density at radius 3 is 2.34 bits per heavy atom. The van der Waals surface area contributed by atoms with Crippen LogP contribution < -0.4 is 0 Å². The van der Waals surface area contributed by atoms with Gasteiger partial charge in [-0.15, -0.1) is 0 Å². The van der Waals surface area contributed by atoms with Gasteiger partial charge < -0.3 is 14.1 Å². The van der Waals surface area contributed by atoms with Crippen molar-refractivity contribution in [1.29, 1.82) is 0 Å². The SMILES string of the molecule is CC1CN(CC2CCN(CC(=O)N(Cc3ccccc3)Cc3ccco3)CC2)CC(C)O1. The van der Waals surface area contributed by atoms with Gasteiger partial charge in [0.15, 0.2) is 0 Å². The Hall–Kier alpha value is -2.15. The van der Waals surface area contributed by atoms with Crippen LogP contribution in [0.3, 0.4) is 0 Å². The Balaban J connectivity index is 1.28. The molecular formula is C26H37N3O3. The topological polar surface area (TPSA) is 49.2 Å². The summed E-state index contributed by atoms with van der Waals surface area (Å²) in [6.07, 6.45) is 4.62. The molecule has 0 bridgehead atoms. The lowest BCUT2D eigenvalue weighted by atomic mass is 9.95. The van der Waals surface area contributed by atoms with E-state index in [1.807, 2.05) is 35.2 Å². The van der Waals surface area contributed by atoms with Gasteiger partial charge in [-0.1, -0.05) is 30.3 Å². The zero-order valence-electron chi connectivity index (χ0n) is 19.5. The number of hydrogen-bond acceptors (Lipinski definition) is 5. The minimum absolute atomic E-state index is 0.166. The van der Waals surface area contributed by atoms with Crippen LogP contribution in [-0.2, 0) is 22.6 Å². The molecule has 1 aromatic carbocycles. The van der Waals surface area contributed by atoms with Gasteiger partial charge in [0.25, 0.3) is 0 Å². The number of furan rings is 1. The predicted molar refractivity (Wildman–Crippen MR) is 125 cm³/mol. The lowest BCUT2D eigenvalue weighted by molar-refractivity contribution is -0.134. The number of rotatable bonds is 8. The van der Waals surface area contributed by atoms with E-state index >= 15 is 0 Å². The van der Waals surface area contributed by atoms with Gasteiger partial charge in [0, 0.05) is 26.2 Å². The maximum absolute atomic E-state index is 13.2. The minimum Gasteiger partial charge on any atom is -0.467 e. The molecule has 6 nitrogen and oxygen atoms in total. The maximum atomic E-state index is 13.2. The summed E-state index contributed by atoms with van der Waals surface area (Å²) in [6.45, 7) is 11.1. The molecule has 2 aromatic rings. The molecule has 174 valence electrons. The molecule has 1 aromatic heterocycles. The van der Waals surface area contributed by atoms with E-state index in [0.717, 1.165) is 56.9 Å². The van der Waals surface area contributed by atoms with Crippen LogP contribution in [-0.4, -0.2) is 72.1 Å². The van der Waals surface area contributed by atoms with E-state index in [2.05, 4.69) is 35.8 Å². The van der Waals surface area contributed by atoms with Crippen LogP contribution in [0, 0.1) is 5.92 Å². The average molecular weight is 440 g/mol. The highest BCUT2D eigenvalue weighted by molar-refractivity contribution is 5.78. The van der Waals surface area contributed by atoms with E-state index in [1.54, 1.807) is 6.26 Å². The van der Waals surface area contributed by atoms with Gasteiger partial charge in [-0.2, -0.15) is 0 Å². The van der Waals surface area contributed by atoms with Crippen LogP contribution in [0.25, 0.3) is 0 Å². The third-order valence-corrected chi connectivity index (χ3v) is 6.57. The van der Waals surface area contributed by atoms with Crippen molar-refractivity contribution in [3.63, 3.8) is 0 Å². The first-order chi connectivity index (χ1) is 15.5. The number of amides is 1. The second-order valence-electron chi connectivity index (χ2n) is 9.51. The van der Waals surface area contributed by atoms with E-state index in [1.165, 1.54) is 0 Å². The molecule has 32 heavy (non-hydrogen) atoms. The average Bonchev–Trinajstić information content (AvgIpc) is 3.28. The van der Waals surface area contributed by atoms with Crippen molar-refractivity contribution in [2.75, 3.05) is 39.3 Å². The molecule has 0 saturated carbocycles. The van der Waals surface area contributed by atoms with E-state index in [-0.39, 0.29) is 5.91 Å². The highest BCUT2D eigenvalue weighted by Gasteiger charge is 2.28. The molecule has 6 heteroatoms. The molecule has 0 N–H and O–H groups in total. The van der Waals surface area contributed by atoms with Gasteiger partial charge in [-0.25, -0.2) is 0 Å². The quantitative estimate of drug-likeness (QED) is 0.629. The molecule has 2 saturated heterocycles. The van der Waals surface area contributed by atoms with Crippen LogP contribution in [0.2, 0.25) is 0 Å². The van der Waals surface area contributed by atoms with Crippen LogP contribution in [0.4, 0.5) is 0 Å². The van der Waals surface area contributed by atoms with Crippen LogP contribution in [0.5, 0.6) is 0 Å². The van der Waals surface area contributed by atoms with Crippen LogP contribution >= 0.6 is 0 Å². The third kappa shape index (κ3) is 6.67. The second-order valence-corrected chi connectivity index (χ2v) is 9.51. The summed E-state index contributed by atoms with van der Waals surface area (Å²) in [5.41, 5.74) is 1.14. The smallest absolute Gasteiger partial charge is 0.237 e. The Kier molecular flexibility index (Phi) is 8.00. The van der Waals surface area contributed by atoms with Gasteiger partial charge in [-0.3, -0.25) is 14.6 Å². The summed E-state index contributed by atoms with van der Waals surface area (Å²) in [5, 5.41) is 0. The number of carbonyl (C=O) groups excluding carboxylic acids is 1. The number of carbonyl (C=O) groups is 1. The van der Waals surface area contributed by atoms with Crippen molar-refractivity contribution in [1.82, 2.24) is 14.7 Å². The highest BCUT2D eigenvalue weighted by Crippen LogP contribution is 2.21. The fraction of sp³-hybridized carbons (Fsp3) is 0.577. The monoisotopic (exact) mass is 439 g/mol. The van der Waals surface area contributed by atoms with Gasteiger partial charge in [0.2, 0.25) is 5.91 Å². The number of morpholine rings is 1.